The molecule has 1 aromatic heterocycles. The van der Waals surface area contributed by atoms with Gasteiger partial charge in [-0.25, -0.2) is 13.4 Å². The Labute approximate surface area is 151 Å². The van der Waals surface area contributed by atoms with Gasteiger partial charge in [-0.1, -0.05) is 0 Å². The number of hydrogen-bond acceptors (Lipinski definition) is 6. The van der Waals surface area contributed by atoms with Gasteiger partial charge in [0.2, 0.25) is 0 Å². The minimum atomic E-state index is -2.96. The van der Waals surface area contributed by atoms with Gasteiger partial charge in [0, 0.05) is 24.0 Å². The molecule has 25 heavy (non-hydrogen) atoms. The number of rotatable bonds is 3. The molecule has 2 aliphatic heterocycles. The number of sulfone groups is 1. The SMILES string of the molecule is C[C@H]1CCCCN1C(=O)c1csc(C(=O)NC2CCS(=O)(=O)CC2)n1. The second-order valence-corrected chi connectivity index (χ2v) is 9.94. The first-order valence-corrected chi connectivity index (χ1v) is 11.3. The summed E-state index contributed by atoms with van der Waals surface area (Å²) in [4.78, 5) is 30.9. The number of carbonyl (C=O) groups is 2. The number of nitrogens with one attached hydrogen (secondary N) is 1. The fourth-order valence-electron chi connectivity index (χ4n) is 3.30. The first kappa shape index (κ1) is 18.3. The van der Waals surface area contributed by atoms with Crippen LogP contribution in [0.3, 0.4) is 0 Å². The van der Waals surface area contributed by atoms with Crippen molar-refractivity contribution in [2.45, 2.75) is 51.1 Å². The molecule has 1 aromatic rings. The Balaban J connectivity index is 1.61. The van der Waals surface area contributed by atoms with E-state index in [1.807, 2.05) is 11.8 Å². The third kappa shape index (κ3) is 4.38. The van der Waals surface area contributed by atoms with Gasteiger partial charge in [-0.05, 0) is 39.0 Å². The molecule has 7 nitrogen and oxygen atoms in total. The van der Waals surface area contributed by atoms with E-state index in [4.69, 9.17) is 0 Å². The summed E-state index contributed by atoms with van der Waals surface area (Å²) >= 11 is 1.15. The van der Waals surface area contributed by atoms with E-state index < -0.39 is 9.84 Å². The van der Waals surface area contributed by atoms with Crippen molar-refractivity contribution in [3.63, 3.8) is 0 Å². The maximum absolute atomic E-state index is 12.6. The van der Waals surface area contributed by atoms with Gasteiger partial charge in [0.1, 0.15) is 15.5 Å². The van der Waals surface area contributed by atoms with Crippen LogP contribution >= 0.6 is 11.3 Å². The molecule has 2 amide bonds. The van der Waals surface area contributed by atoms with Crippen molar-refractivity contribution in [1.29, 1.82) is 0 Å². The summed E-state index contributed by atoms with van der Waals surface area (Å²) in [5, 5.41) is 4.71. The number of hydrogen-bond donors (Lipinski definition) is 1. The van der Waals surface area contributed by atoms with Crippen LogP contribution in [0.1, 0.15) is 59.3 Å². The van der Waals surface area contributed by atoms with Gasteiger partial charge in [0.05, 0.1) is 11.5 Å². The lowest BCUT2D eigenvalue weighted by atomic mass is 10.0. The highest BCUT2D eigenvalue weighted by atomic mass is 32.2. The molecule has 2 fully saturated rings. The Hall–Kier alpha value is -1.48. The second kappa shape index (κ2) is 7.41. The largest absolute Gasteiger partial charge is 0.347 e. The number of nitrogens with zero attached hydrogens (tertiary/aromatic N) is 2. The fourth-order valence-corrected chi connectivity index (χ4v) is 5.49. The summed E-state index contributed by atoms with van der Waals surface area (Å²) in [5.74, 6) is -0.245. The van der Waals surface area contributed by atoms with Crippen LogP contribution in [0.2, 0.25) is 0 Å². The third-order valence-electron chi connectivity index (χ3n) is 4.87. The van der Waals surface area contributed by atoms with Crippen molar-refractivity contribution < 1.29 is 18.0 Å². The number of likely N-dealkylation sites (tertiary alicyclic amines) is 1. The van der Waals surface area contributed by atoms with Crippen LogP contribution in [0, 0.1) is 0 Å². The number of piperidine rings is 1. The monoisotopic (exact) mass is 385 g/mol. The third-order valence-corrected chi connectivity index (χ3v) is 7.43. The summed E-state index contributed by atoms with van der Waals surface area (Å²) in [6.07, 6.45) is 3.98. The lowest BCUT2D eigenvalue weighted by Gasteiger charge is -2.32. The van der Waals surface area contributed by atoms with Crippen molar-refractivity contribution in [2.24, 2.45) is 0 Å². The van der Waals surface area contributed by atoms with Gasteiger partial charge in [-0.15, -0.1) is 11.3 Å². The molecule has 0 aromatic carbocycles. The standard InChI is InChI=1S/C16H23N3O4S2/c1-11-4-2-3-7-19(11)16(21)13-10-24-15(18-13)14(20)17-12-5-8-25(22,23)9-6-12/h10-12H,2-9H2,1H3,(H,17,20)/t11-/m0/s1. The zero-order chi connectivity index (χ0) is 18.0. The average molecular weight is 386 g/mol. The van der Waals surface area contributed by atoms with E-state index in [9.17, 15) is 18.0 Å². The predicted octanol–water partition coefficient (Wildman–Crippen LogP) is 1.46. The van der Waals surface area contributed by atoms with E-state index >= 15 is 0 Å². The van der Waals surface area contributed by atoms with Crippen LogP contribution in [-0.4, -0.2) is 60.3 Å². The first-order valence-electron chi connectivity index (χ1n) is 8.63. The van der Waals surface area contributed by atoms with Gasteiger partial charge in [-0.3, -0.25) is 9.59 Å². The molecule has 1 atom stereocenters. The second-order valence-electron chi connectivity index (χ2n) is 6.78. The molecular formula is C16H23N3O4S2. The van der Waals surface area contributed by atoms with Crippen molar-refractivity contribution in [3.05, 3.63) is 16.1 Å². The molecule has 0 bridgehead atoms. The quantitative estimate of drug-likeness (QED) is 0.850. The van der Waals surface area contributed by atoms with Crippen LogP contribution in [0.4, 0.5) is 0 Å². The van der Waals surface area contributed by atoms with E-state index in [0.717, 1.165) is 37.1 Å². The Kier molecular flexibility index (Phi) is 5.43. The molecule has 0 aliphatic carbocycles. The van der Waals surface area contributed by atoms with Crippen molar-refractivity contribution in [2.75, 3.05) is 18.1 Å². The summed E-state index contributed by atoms with van der Waals surface area (Å²) in [5.41, 5.74) is 0.315. The number of amides is 2. The van der Waals surface area contributed by atoms with E-state index in [0.29, 0.717) is 18.5 Å². The lowest BCUT2D eigenvalue weighted by molar-refractivity contribution is 0.0630. The van der Waals surface area contributed by atoms with Gasteiger partial charge >= 0.3 is 0 Å². The zero-order valence-corrected chi connectivity index (χ0v) is 15.9. The van der Waals surface area contributed by atoms with Crippen molar-refractivity contribution >= 4 is 33.0 Å². The molecule has 2 aliphatic rings. The van der Waals surface area contributed by atoms with Gasteiger partial charge in [-0.2, -0.15) is 0 Å². The van der Waals surface area contributed by atoms with Crippen LogP contribution in [0.25, 0.3) is 0 Å². The lowest BCUT2D eigenvalue weighted by Crippen LogP contribution is -2.42. The molecule has 3 rings (SSSR count). The predicted molar refractivity (Wildman–Crippen MR) is 95.6 cm³/mol. The summed E-state index contributed by atoms with van der Waals surface area (Å²) in [6.45, 7) is 2.77. The molecule has 0 unspecified atom stereocenters. The van der Waals surface area contributed by atoms with E-state index in [2.05, 4.69) is 10.3 Å². The summed E-state index contributed by atoms with van der Waals surface area (Å²) in [6, 6.07) is 0.0469. The highest BCUT2D eigenvalue weighted by Gasteiger charge is 2.28. The smallest absolute Gasteiger partial charge is 0.280 e. The summed E-state index contributed by atoms with van der Waals surface area (Å²) < 4.78 is 22.9. The molecule has 0 saturated carbocycles. The number of aromatic nitrogens is 1. The molecular weight excluding hydrogens is 362 g/mol. The summed E-state index contributed by atoms with van der Waals surface area (Å²) in [7, 11) is -2.96. The maximum Gasteiger partial charge on any atom is 0.280 e. The molecule has 0 radical (unpaired) electrons. The zero-order valence-electron chi connectivity index (χ0n) is 14.2. The number of carbonyl (C=O) groups excluding carboxylic acids is 2. The maximum atomic E-state index is 12.6. The normalized spacial score (nSPS) is 24.0. The van der Waals surface area contributed by atoms with Gasteiger partial charge < -0.3 is 10.2 Å². The highest BCUT2D eigenvalue weighted by molar-refractivity contribution is 7.91. The van der Waals surface area contributed by atoms with Gasteiger partial charge in [0.15, 0.2) is 5.01 Å². The number of thiazole rings is 1. The molecule has 138 valence electrons. The molecule has 9 heteroatoms. The molecule has 1 N–H and O–H groups in total. The first-order chi connectivity index (χ1) is 11.9. The average Bonchev–Trinajstić information content (AvgIpc) is 3.07. The molecule has 3 heterocycles. The van der Waals surface area contributed by atoms with Crippen LogP contribution in [0.15, 0.2) is 5.38 Å². The van der Waals surface area contributed by atoms with Crippen molar-refractivity contribution in [3.8, 4) is 0 Å². The van der Waals surface area contributed by atoms with Crippen LogP contribution in [-0.2, 0) is 9.84 Å². The van der Waals surface area contributed by atoms with Gasteiger partial charge in [0.25, 0.3) is 11.8 Å². The van der Waals surface area contributed by atoms with E-state index in [-0.39, 0.29) is 40.4 Å². The molecule has 0 spiro atoms. The van der Waals surface area contributed by atoms with Crippen LogP contribution in [0.5, 0.6) is 0 Å². The van der Waals surface area contributed by atoms with E-state index in [1.54, 1.807) is 5.38 Å². The van der Waals surface area contributed by atoms with E-state index in [1.165, 1.54) is 0 Å². The molecule has 2 saturated heterocycles. The minimum Gasteiger partial charge on any atom is -0.347 e. The minimum absolute atomic E-state index is 0.104. The highest BCUT2D eigenvalue weighted by Crippen LogP contribution is 2.21. The fraction of sp³-hybridized carbons (Fsp3) is 0.688. The Bertz CT molecular complexity index is 745. The van der Waals surface area contributed by atoms with Crippen LogP contribution < -0.4 is 5.32 Å². The Morgan fingerprint density at radius 2 is 1.96 bits per heavy atom. The topological polar surface area (TPSA) is 96.4 Å². The van der Waals surface area contributed by atoms with Crippen molar-refractivity contribution in [1.82, 2.24) is 15.2 Å². The Morgan fingerprint density at radius 1 is 1.24 bits per heavy atom. The Morgan fingerprint density at radius 3 is 2.64 bits per heavy atom.